The van der Waals surface area contributed by atoms with Crippen LogP contribution in [0.15, 0.2) is 47.5 Å². The van der Waals surface area contributed by atoms with Gasteiger partial charge in [-0.25, -0.2) is 4.79 Å². The van der Waals surface area contributed by atoms with Crippen LogP contribution in [0.25, 0.3) is 10.9 Å². The third kappa shape index (κ3) is 4.57. The van der Waals surface area contributed by atoms with Gasteiger partial charge < -0.3 is 35.5 Å². The maximum atomic E-state index is 13.2. The van der Waals surface area contributed by atoms with E-state index in [9.17, 15) is 19.2 Å². The second kappa shape index (κ2) is 9.50. The Bertz CT molecular complexity index is 1380. The van der Waals surface area contributed by atoms with Gasteiger partial charge in [0.05, 0.1) is 12.1 Å². The van der Waals surface area contributed by atoms with Gasteiger partial charge in [-0.15, -0.1) is 0 Å². The van der Waals surface area contributed by atoms with Crippen molar-refractivity contribution in [1.82, 2.24) is 30.4 Å². The quantitative estimate of drug-likeness (QED) is 0.312. The van der Waals surface area contributed by atoms with E-state index >= 15 is 0 Å². The van der Waals surface area contributed by atoms with Gasteiger partial charge in [-0.05, 0) is 35.6 Å². The van der Waals surface area contributed by atoms with Gasteiger partial charge in [0.15, 0.2) is 0 Å². The van der Waals surface area contributed by atoms with Crippen molar-refractivity contribution in [2.24, 2.45) is 11.8 Å². The molecular formula is C25H28N6O5. The topological polar surface area (TPSA) is 149 Å². The van der Waals surface area contributed by atoms with Crippen molar-refractivity contribution in [1.29, 1.82) is 0 Å². The van der Waals surface area contributed by atoms with E-state index in [-0.39, 0.29) is 29.6 Å². The molecule has 1 aromatic carbocycles. The van der Waals surface area contributed by atoms with Gasteiger partial charge >= 0.3 is 6.09 Å². The summed E-state index contributed by atoms with van der Waals surface area (Å²) < 4.78 is 1.41. The molecule has 0 spiro atoms. The summed E-state index contributed by atoms with van der Waals surface area (Å²) in [6.07, 6.45) is 2.30. The molecule has 188 valence electrons. The van der Waals surface area contributed by atoms with Crippen LogP contribution in [0.3, 0.4) is 0 Å². The Morgan fingerprint density at radius 3 is 2.64 bits per heavy atom. The molecule has 36 heavy (non-hydrogen) atoms. The molecule has 3 amide bonds. The summed E-state index contributed by atoms with van der Waals surface area (Å²) in [4.78, 5) is 54.6. The van der Waals surface area contributed by atoms with E-state index in [1.807, 2.05) is 30.5 Å². The first-order valence-electron chi connectivity index (χ1n) is 11.9. The number of nitrogens with one attached hydrogen (secondary N) is 4. The highest BCUT2D eigenvalue weighted by Gasteiger charge is 2.56. The molecule has 1 aliphatic heterocycles. The molecule has 0 radical (unpaired) electrons. The van der Waals surface area contributed by atoms with Crippen molar-refractivity contribution in [3.63, 3.8) is 0 Å². The summed E-state index contributed by atoms with van der Waals surface area (Å²) >= 11 is 0. The summed E-state index contributed by atoms with van der Waals surface area (Å²) in [5.74, 6) is -0.243. The number of aromatic amines is 1. The lowest BCUT2D eigenvalue weighted by Gasteiger charge is -2.19. The number of pyridine rings is 1. The Kier molecular flexibility index (Phi) is 6.23. The molecule has 2 aromatic heterocycles. The number of carboxylic acid groups (broad SMARTS) is 1. The van der Waals surface area contributed by atoms with Crippen LogP contribution in [-0.4, -0.2) is 76.7 Å². The van der Waals surface area contributed by atoms with Crippen LogP contribution in [0.5, 0.6) is 0 Å². The standard InChI is InChI=1S/C25H28N6O5/c1-26-23(33)17-9-15(11-31(24(17)34)10-14-3-2-4-20-16(14)5-6-27-20)22(32)29-21-18-12-30(13-19(18)21)8-7-28-25(35)36/h2-6,9,11,18-19,21,27-28H,7-8,10,12-13H2,1H3,(H,26,33)(H,29,32)(H,35,36)/t18-,19+,21+. The third-order valence-corrected chi connectivity index (χ3v) is 7.12. The highest BCUT2D eigenvalue weighted by atomic mass is 16.4. The number of benzene rings is 1. The molecule has 1 saturated heterocycles. The van der Waals surface area contributed by atoms with Gasteiger partial charge in [-0.1, -0.05) is 12.1 Å². The van der Waals surface area contributed by atoms with E-state index < -0.39 is 17.6 Å². The molecule has 0 unspecified atom stereocenters. The van der Waals surface area contributed by atoms with Crippen molar-refractivity contribution in [3.8, 4) is 0 Å². The average molecular weight is 493 g/mol. The summed E-state index contributed by atoms with van der Waals surface area (Å²) in [5, 5.41) is 17.6. The maximum absolute atomic E-state index is 13.2. The van der Waals surface area contributed by atoms with Gasteiger partial charge in [0, 0.05) is 62.6 Å². The zero-order valence-electron chi connectivity index (χ0n) is 19.8. The minimum absolute atomic E-state index is 0.0265. The second-order valence-electron chi connectivity index (χ2n) is 9.33. The molecule has 3 heterocycles. The number of aromatic nitrogens is 2. The number of nitrogens with zero attached hydrogens (tertiary/aromatic N) is 2. The van der Waals surface area contributed by atoms with Crippen LogP contribution in [0, 0.1) is 11.8 Å². The Hall–Kier alpha value is -4.12. The van der Waals surface area contributed by atoms with E-state index in [1.54, 1.807) is 0 Å². The number of hydrogen-bond donors (Lipinski definition) is 5. The number of H-pyrrole nitrogens is 1. The van der Waals surface area contributed by atoms with Crippen molar-refractivity contribution >= 4 is 28.8 Å². The summed E-state index contributed by atoms with van der Waals surface area (Å²) in [5.41, 5.74) is 1.54. The molecule has 1 aliphatic carbocycles. The lowest BCUT2D eigenvalue weighted by molar-refractivity contribution is 0.0942. The van der Waals surface area contributed by atoms with E-state index in [1.165, 1.54) is 23.9 Å². The molecule has 11 nitrogen and oxygen atoms in total. The van der Waals surface area contributed by atoms with E-state index in [0.29, 0.717) is 24.9 Å². The highest BCUT2D eigenvalue weighted by molar-refractivity contribution is 5.99. The third-order valence-electron chi connectivity index (χ3n) is 7.12. The van der Waals surface area contributed by atoms with Crippen molar-refractivity contribution in [2.45, 2.75) is 12.6 Å². The number of amides is 3. The predicted octanol–water partition coefficient (Wildman–Crippen LogP) is 0.665. The molecule has 5 rings (SSSR count). The second-order valence-corrected chi connectivity index (χ2v) is 9.33. The fourth-order valence-electron chi connectivity index (χ4n) is 5.21. The molecule has 2 aliphatic rings. The largest absolute Gasteiger partial charge is 0.465 e. The van der Waals surface area contributed by atoms with Crippen molar-refractivity contribution < 1.29 is 19.5 Å². The number of hydrogen-bond acceptors (Lipinski definition) is 5. The van der Waals surface area contributed by atoms with Gasteiger partial charge in [-0.2, -0.15) is 0 Å². The molecule has 5 N–H and O–H groups in total. The lowest BCUT2D eigenvalue weighted by Crippen LogP contribution is -2.39. The van der Waals surface area contributed by atoms with Crippen LogP contribution in [0.4, 0.5) is 4.79 Å². The molecule has 2 fully saturated rings. The molecule has 3 aromatic rings. The van der Waals surface area contributed by atoms with Crippen LogP contribution in [0.1, 0.15) is 26.3 Å². The Morgan fingerprint density at radius 1 is 1.14 bits per heavy atom. The Balaban J connectivity index is 1.31. The van der Waals surface area contributed by atoms with Gasteiger partial charge in [0.1, 0.15) is 5.56 Å². The summed E-state index contributed by atoms with van der Waals surface area (Å²) in [6.45, 7) is 2.80. The van der Waals surface area contributed by atoms with Crippen molar-refractivity contribution in [2.75, 3.05) is 33.2 Å². The number of likely N-dealkylation sites (tertiary alicyclic amines) is 1. The Morgan fingerprint density at radius 2 is 1.92 bits per heavy atom. The van der Waals surface area contributed by atoms with Gasteiger partial charge in [0.2, 0.25) is 0 Å². The SMILES string of the molecule is CNC(=O)c1cc(C(=O)N[C@H]2[C@@H]3CN(CCNC(=O)O)C[C@@H]32)cn(Cc2cccc3[nH]ccc23)c1=O. The summed E-state index contributed by atoms with van der Waals surface area (Å²) in [6, 6.07) is 9.06. The fraction of sp³-hybridized carbons (Fsp3) is 0.360. The first-order valence-corrected chi connectivity index (χ1v) is 11.9. The fourth-order valence-corrected chi connectivity index (χ4v) is 5.21. The number of piperidine rings is 1. The number of carbonyl (C=O) groups excluding carboxylic acids is 2. The lowest BCUT2D eigenvalue weighted by atomic mass is 10.1. The van der Waals surface area contributed by atoms with E-state index in [2.05, 4.69) is 25.8 Å². The van der Waals surface area contributed by atoms with E-state index in [4.69, 9.17) is 5.11 Å². The number of carbonyl (C=O) groups is 3. The zero-order valence-corrected chi connectivity index (χ0v) is 19.8. The molecule has 11 heteroatoms. The van der Waals surface area contributed by atoms with Gasteiger partial charge in [-0.3, -0.25) is 14.4 Å². The predicted molar refractivity (Wildman–Crippen MR) is 132 cm³/mol. The molecule has 3 atom stereocenters. The maximum Gasteiger partial charge on any atom is 0.404 e. The first-order chi connectivity index (χ1) is 17.4. The van der Waals surface area contributed by atoms with Crippen LogP contribution in [0.2, 0.25) is 0 Å². The first kappa shape index (κ1) is 23.6. The summed E-state index contributed by atoms with van der Waals surface area (Å²) in [7, 11) is 1.45. The van der Waals surface area contributed by atoms with Crippen molar-refractivity contribution in [3.05, 3.63) is 69.8 Å². The molecule has 1 saturated carbocycles. The number of fused-ring (bicyclic) bond motifs is 2. The number of rotatable bonds is 8. The molecule has 0 bridgehead atoms. The minimum atomic E-state index is -1.04. The van der Waals surface area contributed by atoms with Crippen LogP contribution < -0.4 is 21.5 Å². The minimum Gasteiger partial charge on any atom is -0.465 e. The van der Waals surface area contributed by atoms with Gasteiger partial charge in [0.25, 0.3) is 17.4 Å². The zero-order chi connectivity index (χ0) is 25.4. The normalized spacial score (nSPS) is 20.6. The molecular weight excluding hydrogens is 464 g/mol. The monoisotopic (exact) mass is 492 g/mol. The van der Waals surface area contributed by atoms with Crippen LogP contribution >= 0.6 is 0 Å². The Labute approximate surface area is 206 Å². The smallest absolute Gasteiger partial charge is 0.404 e. The average Bonchev–Trinajstić information content (AvgIpc) is 3.23. The van der Waals surface area contributed by atoms with Crippen LogP contribution in [-0.2, 0) is 6.54 Å². The highest BCUT2D eigenvalue weighted by Crippen LogP contribution is 2.45. The van der Waals surface area contributed by atoms with E-state index in [0.717, 1.165) is 29.6 Å².